The van der Waals surface area contributed by atoms with E-state index < -0.39 is 44.7 Å². The minimum absolute atomic E-state index is 2.24. The molecule has 18 heavy (non-hydrogen) atoms. The number of hydrogen-bond acceptors (Lipinski definition) is 6. The van der Waals surface area contributed by atoms with Crippen molar-refractivity contribution in [1.82, 2.24) is 0 Å². The third kappa shape index (κ3) is 3.62. The second kappa shape index (κ2) is 5.02. The number of phosphoric ester groups is 1. The van der Waals surface area contributed by atoms with Crippen LogP contribution in [0.25, 0.3) is 0 Å². The van der Waals surface area contributed by atoms with Crippen molar-refractivity contribution in [2.75, 3.05) is 0 Å². The van der Waals surface area contributed by atoms with E-state index in [1.807, 2.05) is 0 Å². The molecule has 0 amide bonds. The van der Waals surface area contributed by atoms with E-state index >= 15 is 0 Å². The highest BCUT2D eigenvalue weighted by atomic mass is 31.2. The molecule has 2 unspecified atom stereocenters. The van der Waals surface area contributed by atoms with Crippen LogP contribution in [0.2, 0.25) is 0 Å². The molecule has 108 valence electrons. The predicted octanol–water partition coefficient (Wildman–Crippen LogP) is -1.53. The lowest BCUT2D eigenvalue weighted by Gasteiger charge is -2.40. The number of ether oxygens (including phenoxy) is 1. The molecule has 1 aliphatic rings. The molecular formula is C6H10F3O8P. The summed E-state index contributed by atoms with van der Waals surface area (Å²) in [6.45, 7) is 0. The van der Waals surface area contributed by atoms with Gasteiger partial charge in [-0.05, 0) is 0 Å². The van der Waals surface area contributed by atoms with E-state index in [1.165, 1.54) is 0 Å². The highest BCUT2D eigenvalue weighted by Crippen LogP contribution is 2.42. The van der Waals surface area contributed by atoms with Crippen LogP contribution in [0.15, 0.2) is 0 Å². The normalized spacial score (nSPS) is 38.8. The van der Waals surface area contributed by atoms with E-state index in [2.05, 4.69) is 9.26 Å². The number of hydrogen-bond donors (Lipinski definition) is 5. The van der Waals surface area contributed by atoms with Crippen LogP contribution >= 0.6 is 7.82 Å². The van der Waals surface area contributed by atoms with Gasteiger partial charge in [0.2, 0.25) is 0 Å². The van der Waals surface area contributed by atoms with Crippen LogP contribution in [0.5, 0.6) is 0 Å². The fourth-order valence-corrected chi connectivity index (χ4v) is 1.79. The topological polar surface area (TPSA) is 137 Å². The van der Waals surface area contributed by atoms with Crippen LogP contribution in [0.3, 0.4) is 0 Å². The van der Waals surface area contributed by atoms with Crippen molar-refractivity contribution in [2.24, 2.45) is 0 Å². The van der Waals surface area contributed by atoms with Crippen molar-refractivity contribution in [1.29, 1.82) is 0 Å². The van der Waals surface area contributed by atoms with Crippen molar-refractivity contribution in [2.45, 2.75) is 36.9 Å². The summed E-state index contributed by atoms with van der Waals surface area (Å²) >= 11 is 0. The van der Waals surface area contributed by atoms with Crippen molar-refractivity contribution in [3.05, 3.63) is 0 Å². The quantitative estimate of drug-likeness (QED) is 0.387. The Bertz CT molecular complexity index is 342. The number of aliphatic hydroxyl groups is 3. The van der Waals surface area contributed by atoms with Crippen molar-refractivity contribution in [3.63, 3.8) is 0 Å². The molecule has 0 bridgehead atoms. The molecule has 0 aromatic rings. The number of aliphatic hydroxyl groups excluding tert-OH is 3. The standard InChI is InChI=1S/C6H10F3O8P/c7-6(8,9)4-2(11)1(10)3(12)5(16-4)17-18(13,14)15/h1-5,10-12H,(H2,13,14,15)/t1?,2-,3+,4?,5+/m0/s1. The van der Waals surface area contributed by atoms with Gasteiger partial charge in [0, 0.05) is 0 Å². The first-order chi connectivity index (χ1) is 7.93. The van der Waals surface area contributed by atoms with Gasteiger partial charge in [-0.15, -0.1) is 0 Å². The SMILES string of the molecule is O=P(O)(O)O[C@H]1OC(C(F)(F)F)[C@@H](O)C(O)[C@H]1O. The molecule has 0 aromatic heterocycles. The maximum atomic E-state index is 12.4. The van der Waals surface area contributed by atoms with Crippen LogP contribution in [-0.4, -0.2) is 62.0 Å². The minimum Gasteiger partial charge on any atom is -0.387 e. The van der Waals surface area contributed by atoms with Crippen LogP contribution in [0, 0.1) is 0 Å². The monoisotopic (exact) mass is 298 g/mol. The predicted molar refractivity (Wildman–Crippen MR) is 45.9 cm³/mol. The molecule has 1 aliphatic heterocycles. The summed E-state index contributed by atoms with van der Waals surface area (Å²) in [4.78, 5) is 16.8. The Hall–Kier alpha value is -0.260. The van der Waals surface area contributed by atoms with E-state index in [4.69, 9.17) is 20.0 Å². The summed E-state index contributed by atoms with van der Waals surface area (Å²) < 4.78 is 55.3. The van der Waals surface area contributed by atoms with Crippen LogP contribution in [0.4, 0.5) is 13.2 Å². The van der Waals surface area contributed by atoms with Crippen molar-refractivity contribution in [3.8, 4) is 0 Å². The lowest BCUT2D eigenvalue weighted by atomic mass is 9.99. The third-order valence-electron chi connectivity index (χ3n) is 2.13. The van der Waals surface area contributed by atoms with Gasteiger partial charge in [-0.3, -0.25) is 4.52 Å². The zero-order valence-electron chi connectivity index (χ0n) is 8.43. The van der Waals surface area contributed by atoms with Crippen molar-refractivity contribution < 1.29 is 52.1 Å². The minimum atomic E-state index is -5.24. The maximum Gasteiger partial charge on any atom is 0.472 e. The Kier molecular flexibility index (Phi) is 4.41. The zero-order valence-corrected chi connectivity index (χ0v) is 9.32. The fourth-order valence-electron chi connectivity index (χ4n) is 1.34. The lowest BCUT2D eigenvalue weighted by Crippen LogP contribution is -2.61. The molecule has 12 heteroatoms. The summed E-state index contributed by atoms with van der Waals surface area (Å²) in [6.07, 6.45) is -17.6. The second-order valence-corrected chi connectivity index (χ2v) is 4.73. The van der Waals surface area contributed by atoms with E-state index in [1.54, 1.807) is 0 Å². The Morgan fingerprint density at radius 3 is 1.94 bits per heavy atom. The van der Waals surface area contributed by atoms with Gasteiger partial charge in [0.1, 0.15) is 18.3 Å². The summed E-state index contributed by atoms with van der Waals surface area (Å²) in [5, 5.41) is 27.4. The van der Waals surface area contributed by atoms with Gasteiger partial charge in [-0.1, -0.05) is 0 Å². The number of alkyl halides is 3. The molecule has 1 saturated heterocycles. The molecule has 5 atom stereocenters. The number of phosphoric acid groups is 1. The van der Waals surface area contributed by atoms with E-state index in [9.17, 15) is 22.8 Å². The maximum absolute atomic E-state index is 12.4. The largest absolute Gasteiger partial charge is 0.472 e. The van der Waals surface area contributed by atoms with E-state index in [0.717, 1.165) is 0 Å². The van der Waals surface area contributed by atoms with Gasteiger partial charge in [-0.2, -0.15) is 13.2 Å². The number of halogens is 3. The van der Waals surface area contributed by atoms with E-state index in [-0.39, 0.29) is 0 Å². The highest BCUT2D eigenvalue weighted by Gasteiger charge is 2.56. The molecular weight excluding hydrogens is 288 g/mol. The molecule has 8 nitrogen and oxygen atoms in total. The molecule has 1 fully saturated rings. The van der Waals surface area contributed by atoms with Crippen molar-refractivity contribution >= 4 is 7.82 Å². The Morgan fingerprint density at radius 1 is 1.06 bits per heavy atom. The molecule has 1 rings (SSSR count). The third-order valence-corrected chi connectivity index (χ3v) is 2.62. The molecule has 0 spiro atoms. The zero-order chi connectivity index (χ0) is 14.3. The van der Waals surface area contributed by atoms with Gasteiger partial charge in [0.15, 0.2) is 12.4 Å². The first-order valence-corrected chi connectivity index (χ1v) is 5.97. The summed E-state index contributed by atoms with van der Waals surface area (Å²) in [5.74, 6) is 0. The Morgan fingerprint density at radius 2 is 1.56 bits per heavy atom. The first kappa shape index (κ1) is 15.8. The van der Waals surface area contributed by atoms with Crippen LogP contribution < -0.4 is 0 Å². The molecule has 0 aliphatic carbocycles. The number of rotatable bonds is 2. The molecule has 0 aromatic carbocycles. The van der Waals surface area contributed by atoms with Gasteiger partial charge in [0.05, 0.1) is 0 Å². The molecule has 5 N–H and O–H groups in total. The van der Waals surface area contributed by atoms with E-state index in [0.29, 0.717) is 0 Å². The summed E-state index contributed by atoms with van der Waals surface area (Å²) in [7, 11) is -5.24. The molecule has 0 radical (unpaired) electrons. The lowest BCUT2D eigenvalue weighted by molar-refractivity contribution is -0.341. The first-order valence-electron chi connectivity index (χ1n) is 4.44. The fraction of sp³-hybridized carbons (Fsp3) is 1.00. The molecule has 1 heterocycles. The average Bonchev–Trinajstić information content (AvgIpc) is 2.15. The van der Waals surface area contributed by atoms with Gasteiger partial charge in [-0.25, -0.2) is 4.57 Å². The summed E-state index contributed by atoms with van der Waals surface area (Å²) in [6, 6.07) is 0. The average molecular weight is 298 g/mol. The Labute approximate surface area is 97.8 Å². The van der Waals surface area contributed by atoms with Gasteiger partial charge in [0.25, 0.3) is 0 Å². The molecule has 0 saturated carbocycles. The Balaban J connectivity index is 2.91. The van der Waals surface area contributed by atoms with Gasteiger partial charge < -0.3 is 29.8 Å². The second-order valence-electron chi connectivity index (χ2n) is 3.53. The smallest absolute Gasteiger partial charge is 0.387 e. The van der Waals surface area contributed by atoms with Gasteiger partial charge >= 0.3 is 14.0 Å². The summed E-state index contributed by atoms with van der Waals surface area (Å²) in [5.41, 5.74) is 0. The van der Waals surface area contributed by atoms with Crippen LogP contribution in [0.1, 0.15) is 0 Å². The highest BCUT2D eigenvalue weighted by molar-refractivity contribution is 7.46. The van der Waals surface area contributed by atoms with Crippen LogP contribution in [-0.2, 0) is 13.8 Å².